The third-order valence-electron chi connectivity index (χ3n) is 4.34. The highest BCUT2D eigenvalue weighted by Gasteiger charge is 2.36. The Morgan fingerprint density at radius 3 is 2.42 bits per heavy atom. The first-order valence-electron chi connectivity index (χ1n) is 7.73. The molecule has 0 aliphatic carbocycles. The normalized spacial score (nSPS) is 17.5. The average Bonchev–Trinajstić information content (AvgIpc) is 2.98. The van der Waals surface area contributed by atoms with E-state index >= 15 is 0 Å². The predicted octanol–water partition coefficient (Wildman–Crippen LogP) is 3.67. The third kappa shape index (κ3) is 3.40. The minimum atomic E-state index is -4.10. The summed E-state index contributed by atoms with van der Waals surface area (Å²) in [6, 6.07) is 7.68. The fourth-order valence-corrected chi connectivity index (χ4v) is 4.15. The third-order valence-corrected chi connectivity index (χ3v) is 6.03. The Kier molecular flexibility index (Phi) is 4.92. The smallest absolute Gasteiger partial charge is 0.314 e. The van der Waals surface area contributed by atoms with E-state index in [-0.39, 0.29) is 12.2 Å². The van der Waals surface area contributed by atoms with Crippen LogP contribution in [0.1, 0.15) is 34.7 Å². The first kappa shape index (κ1) is 19.0. The molecule has 0 amide bonds. The second kappa shape index (κ2) is 6.74. The zero-order valence-corrected chi connectivity index (χ0v) is 16.4. The molecule has 0 fully saturated rings. The van der Waals surface area contributed by atoms with E-state index in [0.717, 1.165) is 9.98 Å². The van der Waals surface area contributed by atoms with Crippen molar-refractivity contribution in [1.29, 1.82) is 0 Å². The van der Waals surface area contributed by atoms with Crippen LogP contribution in [0, 0.1) is 13.8 Å². The van der Waals surface area contributed by atoms with Gasteiger partial charge >= 0.3 is 10.2 Å². The molecule has 9 heteroatoms. The molecule has 0 radical (unpaired) electrons. The van der Waals surface area contributed by atoms with E-state index in [0.29, 0.717) is 32.4 Å². The molecule has 2 aromatic carbocycles. The average molecular weight is 414 g/mol. The van der Waals surface area contributed by atoms with E-state index in [4.69, 9.17) is 28.3 Å². The van der Waals surface area contributed by atoms with E-state index in [1.807, 2.05) is 0 Å². The quantitative estimate of drug-likeness (QED) is 0.802. The molecule has 0 aromatic heterocycles. The summed E-state index contributed by atoms with van der Waals surface area (Å²) in [5.74, 6) is -0.00530. The van der Waals surface area contributed by atoms with Gasteiger partial charge in [0, 0.05) is 22.0 Å². The van der Waals surface area contributed by atoms with Crippen LogP contribution in [0.4, 0.5) is 0 Å². The van der Waals surface area contributed by atoms with Crippen LogP contribution in [0.15, 0.2) is 35.4 Å². The topological polar surface area (TPSA) is 96.0 Å². The summed E-state index contributed by atoms with van der Waals surface area (Å²) in [6.07, 6.45) is 0.242. The van der Waals surface area contributed by atoms with Crippen molar-refractivity contribution in [2.45, 2.75) is 26.3 Å². The molecule has 0 spiro atoms. The Morgan fingerprint density at radius 1 is 1.23 bits per heavy atom. The molecule has 2 aromatic rings. The first-order valence-corrected chi connectivity index (χ1v) is 9.99. The van der Waals surface area contributed by atoms with Crippen molar-refractivity contribution in [3.05, 3.63) is 62.6 Å². The molecule has 0 saturated heterocycles. The molecular formula is C17H17Cl2N3O3S. The van der Waals surface area contributed by atoms with Gasteiger partial charge in [0.2, 0.25) is 0 Å². The van der Waals surface area contributed by atoms with Gasteiger partial charge in [-0.25, -0.2) is 5.14 Å². The highest BCUT2D eigenvalue weighted by Crippen LogP contribution is 2.39. The van der Waals surface area contributed by atoms with Crippen LogP contribution in [-0.4, -0.2) is 23.7 Å². The number of hydrogen-bond donors (Lipinski definition) is 2. The van der Waals surface area contributed by atoms with Gasteiger partial charge in [0.25, 0.3) is 0 Å². The number of nitrogens with zero attached hydrogens (tertiary/aromatic N) is 2. The van der Waals surface area contributed by atoms with Crippen LogP contribution < -0.4 is 5.14 Å². The SMILES string of the molecule is Cc1cc(O)c(C2=NN(S(N)(=O)=O)C(c3ccc(Cl)cc3)C2)c(C)c1Cl. The Balaban J connectivity index is 2.11. The van der Waals surface area contributed by atoms with Gasteiger partial charge < -0.3 is 5.11 Å². The van der Waals surface area contributed by atoms with Gasteiger partial charge in [-0.2, -0.15) is 17.9 Å². The van der Waals surface area contributed by atoms with E-state index < -0.39 is 16.3 Å². The van der Waals surface area contributed by atoms with Gasteiger partial charge in [-0.1, -0.05) is 35.3 Å². The molecule has 26 heavy (non-hydrogen) atoms. The molecule has 1 unspecified atom stereocenters. The van der Waals surface area contributed by atoms with Crippen molar-refractivity contribution in [3.8, 4) is 5.75 Å². The second-order valence-electron chi connectivity index (χ2n) is 6.16. The van der Waals surface area contributed by atoms with Gasteiger partial charge in [-0.15, -0.1) is 0 Å². The Hall–Kier alpha value is -1.80. The number of nitrogens with two attached hydrogens (primary N) is 1. The Labute approximate surface area is 162 Å². The van der Waals surface area contributed by atoms with Crippen molar-refractivity contribution >= 4 is 39.1 Å². The zero-order chi connectivity index (χ0) is 19.2. The molecule has 138 valence electrons. The summed E-state index contributed by atoms with van der Waals surface area (Å²) in [5, 5.41) is 20.9. The van der Waals surface area contributed by atoms with Crippen molar-refractivity contribution in [2.24, 2.45) is 10.2 Å². The number of hydrogen-bond acceptors (Lipinski definition) is 4. The highest BCUT2D eigenvalue weighted by atomic mass is 35.5. The molecule has 1 aliphatic rings. The lowest BCUT2D eigenvalue weighted by Gasteiger charge is -2.20. The summed E-state index contributed by atoms with van der Waals surface area (Å²) in [7, 11) is -4.10. The van der Waals surface area contributed by atoms with Crippen molar-refractivity contribution < 1.29 is 13.5 Å². The maximum Gasteiger partial charge on any atom is 0.314 e. The molecule has 3 rings (SSSR count). The lowest BCUT2D eigenvalue weighted by Crippen LogP contribution is -2.33. The molecule has 6 nitrogen and oxygen atoms in total. The zero-order valence-electron chi connectivity index (χ0n) is 14.1. The molecule has 1 aliphatic heterocycles. The van der Waals surface area contributed by atoms with Crippen LogP contribution in [0.25, 0.3) is 0 Å². The lowest BCUT2D eigenvalue weighted by atomic mass is 9.94. The first-order chi connectivity index (χ1) is 12.1. The minimum Gasteiger partial charge on any atom is -0.507 e. The molecule has 3 N–H and O–H groups in total. The predicted molar refractivity (Wildman–Crippen MR) is 103 cm³/mol. The fraction of sp³-hybridized carbons (Fsp3) is 0.235. The van der Waals surface area contributed by atoms with Crippen molar-refractivity contribution in [3.63, 3.8) is 0 Å². The minimum absolute atomic E-state index is 0.00530. The number of halogens is 2. The van der Waals surface area contributed by atoms with Crippen LogP contribution >= 0.6 is 23.2 Å². The van der Waals surface area contributed by atoms with Gasteiger partial charge in [0.15, 0.2) is 0 Å². The highest BCUT2D eigenvalue weighted by molar-refractivity contribution is 7.86. The summed E-state index contributed by atoms with van der Waals surface area (Å²) in [4.78, 5) is 0. The standard InChI is InChI=1S/C17H17Cl2N3O3S/c1-9-7-15(23)16(10(2)17(9)19)13-8-14(22(21-13)26(20,24)25)11-3-5-12(18)6-4-11/h3-7,14,23H,8H2,1-2H3,(H2,20,24,25). The van der Waals surface area contributed by atoms with Crippen LogP contribution in [0.3, 0.4) is 0 Å². The monoisotopic (exact) mass is 413 g/mol. The van der Waals surface area contributed by atoms with Crippen LogP contribution in [0.5, 0.6) is 5.75 Å². The molecular weight excluding hydrogens is 397 g/mol. The number of benzene rings is 2. The largest absolute Gasteiger partial charge is 0.507 e. The van der Waals surface area contributed by atoms with Gasteiger partial charge in [0.1, 0.15) is 5.75 Å². The van der Waals surface area contributed by atoms with Crippen LogP contribution in [0.2, 0.25) is 10.0 Å². The maximum atomic E-state index is 12.0. The van der Waals surface area contributed by atoms with E-state index in [1.165, 1.54) is 6.07 Å². The molecule has 0 saturated carbocycles. The number of phenolic OH excluding ortho intramolecular Hbond substituents is 1. The van der Waals surface area contributed by atoms with Gasteiger partial charge in [0.05, 0.1) is 11.8 Å². The Bertz CT molecular complexity index is 1000. The Morgan fingerprint density at radius 2 is 1.85 bits per heavy atom. The molecule has 1 heterocycles. The van der Waals surface area contributed by atoms with Crippen LogP contribution in [-0.2, 0) is 10.2 Å². The van der Waals surface area contributed by atoms with Crippen molar-refractivity contribution in [1.82, 2.24) is 4.41 Å². The van der Waals surface area contributed by atoms with Gasteiger partial charge in [-0.05, 0) is 48.7 Å². The number of aromatic hydroxyl groups is 1. The second-order valence-corrected chi connectivity index (χ2v) is 8.38. The van der Waals surface area contributed by atoms with E-state index in [1.54, 1.807) is 38.1 Å². The number of hydrazone groups is 1. The summed E-state index contributed by atoms with van der Waals surface area (Å²) < 4.78 is 24.9. The van der Waals surface area contributed by atoms with Crippen molar-refractivity contribution in [2.75, 3.05) is 0 Å². The molecule has 1 atom stereocenters. The lowest BCUT2D eigenvalue weighted by molar-refractivity contribution is 0.372. The number of rotatable bonds is 3. The number of phenols is 1. The van der Waals surface area contributed by atoms with E-state index in [2.05, 4.69) is 5.10 Å². The summed E-state index contributed by atoms with van der Waals surface area (Å²) in [6.45, 7) is 3.53. The number of aryl methyl sites for hydroxylation is 1. The summed E-state index contributed by atoms with van der Waals surface area (Å²) >= 11 is 12.2. The van der Waals surface area contributed by atoms with E-state index in [9.17, 15) is 13.5 Å². The summed E-state index contributed by atoms with van der Waals surface area (Å²) in [5.41, 5.74) is 2.87. The fourth-order valence-electron chi connectivity index (χ4n) is 3.11. The van der Waals surface area contributed by atoms with Gasteiger partial charge in [-0.3, -0.25) is 0 Å². The molecule has 0 bridgehead atoms. The maximum absolute atomic E-state index is 12.0.